The maximum absolute atomic E-state index is 12.5. The Kier molecular flexibility index (Phi) is 4.39. The van der Waals surface area contributed by atoms with E-state index in [2.05, 4.69) is 0 Å². The summed E-state index contributed by atoms with van der Waals surface area (Å²) in [7, 11) is 1.74. The molecular formula is C18H18N2O3. The minimum atomic E-state index is -0.624. The number of imide groups is 1. The minimum absolute atomic E-state index is 0.155. The third-order valence-corrected chi connectivity index (χ3v) is 3.92. The van der Waals surface area contributed by atoms with Gasteiger partial charge in [0.15, 0.2) is 0 Å². The summed E-state index contributed by atoms with van der Waals surface area (Å²) in [5.74, 6) is -0.302. The van der Waals surface area contributed by atoms with Crippen LogP contribution in [0.3, 0.4) is 0 Å². The van der Waals surface area contributed by atoms with Gasteiger partial charge in [0.25, 0.3) is 5.91 Å². The quantitative estimate of drug-likeness (QED) is 0.875. The summed E-state index contributed by atoms with van der Waals surface area (Å²) in [5.41, 5.74) is 1.86. The molecule has 2 amide bonds. The summed E-state index contributed by atoms with van der Waals surface area (Å²) in [6, 6.07) is 18.9. The van der Waals surface area contributed by atoms with Gasteiger partial charge >= 0.3 is 6.09 Å². The highest BCUT2D eigenvalue weighted by atomic mass is 16.6. The van der Waals surface area contributed by atoms with Crippen LogP contribution < -0.4 is 0 Å². The third kappa shape index (κ3) is 3.24. The van der Waals surface area contributed by atoms with Crippen LogP contribution in [-0.4, -0.2) is 35.7 Å². The molecule has 0 bridgehead atoms. The Balaban J connectivity index is 1.79. The summed E-state index contributed by atoms with van der Waals surface area (Å²) < 4.78 is 5.21. The fourth-order valence-electron chi connectivity index (χ4n) is 2.70. The Morgan fingerprint density at radius 3 is 2.35 bits per heavy atom. The van der Waals surface area contributed by atoms with Crippen molar-refractivity contribution in [2.24, 2.45) is 0 Å². The SMILES string of the molecule is CN1[C@H](c2ccccc2)COC(=O)N1C(=O)Cc1ccccc1. The molecule has 0 N–H and O–H groups in total. The number of ether oxygens (including phenoxy) is 1. The molecule has 1 aliphatic heterocycles. The Labute approximate surface area is 135 Å². The molecule has 0 saturated carbocycles. The Bertz CT molecular complexity index is 688. The van der Waals surface area contributed by atoms with Crippen LogP contribution in [0.15, 0.2) is 60.7 Å². The van der Waals surface area contributed by atoms with E-state index in [4.69, 9.17) is 4.74 Å². The number of benzene rings is 2. The summed E-state index contributed by atoms with van der Waals surface area (Å²) >= 11 is 0. The molecule has 1 saturated heterocycles. The molecule has 1 fully saturated rings. The fourth-order valence-corrected chi connectivity index (χ4v) is 2.70. The third-order valence-electron chi connectivity index (χ3n) is 3.92. The highest BCUT2D eigenvalue weighted by Gasteiger charge is 2.37. The number of likely N-dealkylation sites (N-methyl/N-ethyl adjacent to an activating group) is 1. The summed E-state index contributed by atoms with van der Waals surface area (Å²) in [5, 5.41) is 2.75. The van der Waals surface area contributed by atoms with Crippen LogP contribution in [0.2, 0.25) is 0 Å². The fraction of sp³-hybridized carbons (Fsp3) is 0.222. The van der Waals surface area contributed by atoms with Crippen LogP contribution in [0.1, 0.15) is 17.2 Å². The van der Waals surface area contributed by atoms with Gasteiger partial charge in [0.1, 0.15) is 6.61 Å². The zero-order valence-electron chi connectivity index (χ0n) is 12.9. The van der Waals surface area contributed by atoms with Crippen LogP contribution in [0, 0.1) is 0 Å². The van der Waals surface area contributed by atoms with E-state index in [1.165, 1.54) is 0 Å². The van der Waals surface area contributed by atoms with E-state index in [1.54, 1.807) is 12.1 Å². The average molecular weight is 310 g/mol. The normalized spacial score (nSPS) is 18.6. The van der Waals surface area contributed by atoms with E-state index < -0.39 is 6.09 Å². The maximum Gasteiger partial charge on any atom is 0.431 e. The first-order chi connectivity index (χ1) is 11.2. The topological polar surface area (TPSA) is 49.9 Å². The second kappa shape index (κ2) is 6.62. The van der Waals surface area contributed by atoms with E-state index >= 15 is 0 Å². The van der Waals surface area contributed by atoms with E-state index in [9.17, 15) is 9.59 Å². The first-order valence-corrected chi connectivity index (χ1v) is 7.48. The number of hydrazine groups is 1. The largest absolute Gasteiger partial charge is 0.446 e. The second-order valence-electron chi connectivity index (χ2n) is 5.44. The molecule has 0 spiro atoms. The lowest BCUT2D eigenvalue weighted by atomic mass is 10.1. The average Bonchev–Trinajstić information content (AvgIpc) is 2.57. The predicted molar refractivity (Wildman–Crippen MR) is 85.3 cm³/mol. The Hall–Kier alpha value is -2.66. The molecule has 0 aliphatic carbocycles. The van der Waals surface area contributed by atoms with Crippen molar-refractivity contribution in [3.63, 3.8) is 0 Å². The highest BCUT2D eigenvalue weighted by Crippen LogP contribution is 2.26. The van der Waals surface area contributed by atoms with Gasteiger partial charge in [-0.1, -0.05) is 60.7 Å². The molecule has 0 unspecified atom stereocenters. The van der Waals surface area contributed by atoms with Gasteiger partial charge in [-0.3, -0.25) is 4.79 Å². The minimum Gasteiger partial charge on any atom is -0.446 e. The van der Waals surface area contributed by atoms with Crippen LogP contribution in [0.4, 0.5) is 4.79 Å². The van der Waals surface area contributed by atoms with Gasteiger partial charge in [0.2, 0.25) is 0 Å². The number of rotatable bonds is 3. The van der Waals surface area contributed by atoms with Gasteiger partial charge < -0.3 is 4.74 Å². The molecule has 2 aromatic carbocycles. The van der Waals surface area contributed by atoms with Gasteiger partial charge in [-0.15, -0.1) is 0 Å². The molecule has 3 rings (SSSR count). The molecule has 0 radical (unpaired) electrons. The van der Waals surface area contributed by atoms with Gasteiger partial charge in [0.05, 0.1) is 12.5 Å². The number of hydrogen-bond donors (Lipinski definition) is 0. The van der Waals surface area contributed by atoms with Crippen LogP contribution in [-0.2, 0) is 16.0 Å². The molecule has 5 nitrogen and oxygen atoms in total. The van der Waals surface area contributed by atoms with Gasteiger partial charge in [-0.05, 0) is 11.1 Å². The van der Waals surface area contributed by atoms with E-state index in [-0.39, 0.29) is 25.0 Å². The van der Waals surface area contributed by atoms with Crippen molar-refractivity contribution in [1.82, 2.24) is 10.0 Å². The van der Waals surface area contributed by atoms with Crippen molar-refractivity contribution in [1.29, 1.82) is 0 Å². The number of hydrogen-bond acceptors (Lipinski definition) is 4. The van der Waals surface area contributed by atoms with Gasteiger partial charge in [-0.25, -0.2) is 9.80 Å². The van der Waals surface area contributed by atoms with Crippen LogP contribution in [0.25, 0.3) is 0 Å². The Morgan fingerprint density at radius 1 is 1.09 bits per heavy atom. The lowest BCUT2D eigenvalue weighted by Gasteiger charge is -2.39. The number of carbonyl (C=O) groups excluding carboxylic acids is 2. The zero-order chi connectivity index (χ0) is 16.2. The molecular weight excluding hydrogens is 292 g/mol. The van der Waals surface area contributed by atoms with E-state index in [1.807, 2.05) is 60.7 Å². The summed E-state index contributed by atoms with van der Waals surface area (Å²) in [6.45, 7) is 0.231. The zero-order valence-corrected chi connectivity index (χ0v) is 12.9. The lowest BCUT2D eigenvalue weighted by molar-refractivity contribution is -0.154. The molecule has 118 valence electrons. The van der Waals surface area contributed by atoms with Crippen molar-refractivity contribution < 1.29 is 14.3 Å². The van der Waals surface area contributed by atoms with E-state index in [0.29, 0.717) is 0 Å². The van der Waals surface area contributed by atoms with Gasteiger partial charge in [-0.2, -0.15) is 5.01 Å². The number of amides is 2. The molecule has 23 heavy (non-hydrogen) atoms. The highest BCUT2D eigenvalue weighted by molar-refractivity contribution is 5.92. The van der Waals surface area contributed by atoms with E-state index in [0.717, 1.165) is 16.1 Å². The van der Waals surface area contributed by atoms with Gasteiger partial charge in [0, 0.05) is 7.05 Å². The summed E-state index contributed by atoms with van der Waals surface area (Å²) in [4.78, 5) is 24.6. The lowest BCUT2D eigenvalue weighted by Crippen LogP contribution is -2.55. The van der Waals surface area contributed by atoms with Crippen molar-refractivity contribution in [2.75, 3.05) is 13.7 Å². The van der Waals surface area contributed by atoms with Crippen molar-refractivity contribution in [3.05, 3.63) is 71.8 Å². The standard InChI is InChI=1S/C18H18N2O3/c1-19-16(15-10-6-3-7-11-15)13-23-18(22)20(19)17(21)12-14-8-4-2-5-9-14/h2-11,16H,12-13H2,1H3/t16-/m0/s1. The monoisotopic (exact) mass is 310 g/mol. The molecule has 5 heteroatoms. The summed E-state index contributed by atoms with van der Waals surface area (Å²) in [6.07, 6.45) is -0.470. The van der Waals surface area contributed by atoms with Crippen molar-refractivity contribution >= 4 is 12.0 Å². The first kappa shape index (κ1) is 15.2. The number of carbonyl (C=O) groups is 2. The number of cyclic esters (lactones) is 1. The van der Waals surface area contributed by atoms with Crippen LogP contribution in [0.5, 0.6) is 0 Å². The first-order valence-electron chi connectivity index (χ1n) is 7.48. The molecule has 2 aromatic rings. The maximum atomic E-state index is 12.5. The molecule has 1 aliphatic rings. The second-order valence-corrected chi connectivity index (χ2v) is 5.44. The van der Waals surface area contributed by atoms with Crippen LogP contribution >= 0.6 is 0 Å². The van der Waals surface area contributed by atoms with Crippen molar-refractivity contribution in [2.45, 2.75) is 12.5 Å². The smallest absolute Gasteiger partial charge is 0.431 e. The Morgan fingerprint density at radius 2 is 1.70 bits per heavy atom. The molecule has 1 atom stereocenters. The predicted octanol–water partition coefficient (Wildman–Crippen LogP) is 2.80. The molecule has 0 aromatic heterocycles. The number of nitrogens with zero attached hydrogens (tertiary/aromatic N) is 2. The molecule has 1 heterocycles. The van der Waals surface area contributed by atoms with Crippen molar-refractivity contribution in [3.8, 4) is 0 Å².